The Morgan fingerprint density at radius 1 is 0.833 bits per heavy atom. The highest BCUT2D eigenvalue weighted by Gasteiger charge is 2.31. The van der Waals surface area contributed by atoms with Crippen LogP contribution in [0.1, 0.15) is 67.2 Å². The average molecular weight is 250 g/mol. The average Bonchev–Trinajstić information content (AvgIpc) is 2.26. The van der Waals surface area contributed by atoms with Crippen molar-refractivity contribution in [3.05, 3.63) is 24.3 Å². The van der Waals surface area contributed by atoms with Gasteiger partial charge >= 0.3 is 0 Å². The van der Waals surface area contributed by atoms with Gasteiger partial charge < -0.3 is 0 Å². The fourth-order valence-electron chi connectivity index (χ4n) is 3.37. The largest absolute Gasteiger partial charge is 0.0998 e. The standard InChI is InChI=1S/C18H34/c1-9-11-16(13(3)4)18(15(7)8)17(12-10-2)14(5)6/h15-18H,3,5,9-12H2,1-2,4,6-8H3. The van der Waals surface area contributed by atoms with E-state index < -0.39 is 0 Å². The van der Waals surface area contributed by atoms with Crippen molar-refractivity contribution in [3.63, 3.8) is 0 Å². The van der Waals surface area contributed by atoms with Gasteiger partial charge in [-0.2, -0.15) is 0 Å². The first-order chi connectivity index (χ1) is 8.36. The maximum absolute atomic E-state index is 4.25. The molecule has 0 aliphatic carbocycles. The van der Waals surface area contributed by atoms with Gasteiger partial charge in [0.15, 0.2) is 0 Å². The van der Waals surface area contributed by atoms with Crippen molar-refractivity contribution in [3.8, 4) is 0 Å². The molecule has 0 aliphatic rings. The Bertz CT molecular complexity index is 235. The second kappa shape index (κ2) is 8.56. The number of rotatable bonds is 9. The lowest BCUT2D eigenvalue weighted by Gasteiger charge is -2.38. The van der Waals surface area contributed by atoms with Crippen LogP contribution in [0.3, 0.4) is 0 Å². The number of hydrogen-bond donors (Lipinski definition) is 0. The predicted octanol–water partition coefficient (Wildman–Crippen LogP) is 6.24. The minimum atomic E-state index is 0.656. The van der Waals surface area contributed by atoms with Crippen molar-refractivity contribution in [2.24, 2.45) is 23.7 Å². The Hall–Kier alpha value is -0.520. The molecule has 0 N–H and O–H groups in total. The summed E-state index contributed by atoms with van der Waals surface area (Å²) in [6, 6.07) is 0. The van der Waals surface area contributed by atoms with Gasteiger partial charge in [-0.1, -0.05) is 64.8 Å². The van der Waals surface area contributed by atoms with E-state index in [1.54, 1.807) is 0 Å². The zero-order valence-corrected chi connectivity index (χ0v) is 13.6. The summed E-state index contributed by atoms with van der Waals surface area (Å²) in [4.78, 5) is 0. The molecule has 0 bridgehead atoms. The molecule has 0 rings (SSSR count). The van der Waals surface area contributed by atoms with Crippen LogP contribution in [0.2, 0.25) is 0 Å². The zero-order valence-electron chi connectivity index (χ0n) is 13.6. The molecule has 0 fully saturated rings. The van der Waals surface area contributed by atoms with Crippen LogP contribution in [0.4, 0.5) is 0 Å². The lowest BCUT2D eigenvalue weighted by molar-refractivity contribution is 0.191. The van der Waals surface area contributed by atoms with E-state index in [0.717, 1.165) is 0 Å². The highest BCUT2D eigenvalue weighted by atomic mass is 14.4. The summed E-state index contributed by atoms with van der Waals surface area (Å²) in [6.07, 6.45) is 5.03. The lowest BCUT2D eigenvalue weighted by atomic mass is 9.67. The van der Waals surface area contributed by atoms with Crippen LogP contribution in [0.25, 0.3) is 0 Å². The van der Waals surface area contributed by atoms with Gasteiger partial charge in [0.1, 0.15) is 0 Å². The van der Waals surface area contributed by atoms with Crippen molar-refractivity contribution in [1.29, 1.82) is 0 Å². The van der Waals surface area contributed by atoms with E-state index in [1.807, 2.05) is 0 Å². The third kappa shape index (κ3) is 5.00. The molecule has 0 aromatic carbocycles. The summed E-state index contributed by atoms with van der Waals surface area (Å²) in [5.41, 5.74) is 2.72. The maximum Gasteiger partial charge on any atom is -0.0172 e. The van der Waals surface area contributed by atoms with Crippen LogP contribution >= 0.6 is 0 Å². The summed E-state index contributed by atoms with van der Waals surface area (Å²) in [7, 11) is 0. The highest BCUT2D eigenvalue weighted by molar-refractivity contribution is 5.07. The molecular weight excluding hydrogens is 216 g/mol. The molecule has 106 valence electrons. The molecule has 0 saturated heterocycles. The maximum atomic E-state index is 4.25. The Balaban J connectivity index is 5.21. The zero-order chi connectivity index (χ0) is 14.3. The summed E-state index contributed by atoms with van der Waals surface area (Å²) in [5.74, 6) is 2.72. The first kappa shape index (κ1) is 17.5. The van der Waals surface area contributed by atoms with Gasteiger partial charge in [-0.25, -0.2) is 0 Å². The molecule has 0 aromatic rings. The van der Waals surface area contributed by atoms with Crippen molar-refractivity contribution in [2.45, 2.75) is 67.2 Å². The van der Waals surface area contributed by atoms with Crippen LogP contribution < -0.4 is 0 Å². The molecular formula is C18H34. The van der Waals surface area contributed by atoms with Crippen LogP contribution in [0.5, 0.6) is 0 Å². The van der Waals surface area contributed by atoms with Crippen molar-refractivity contribution < 1.29 is 0 Å². The topological polar surface area (TPSA) is 0 Å². The molecule has 0 aliphatic heterocycles. The smallest absolute Gasteiger partial charge is 0.0172 e. The third-order valence-corrected chi connectivity index (χ3v) is 4.16. The Morgan fingerprint density at radius 3 is 1.33 bits per heavy atom. The Labute approximate surface area is 116 Å². The van der Waals surface area contributed by atoms with Crippen LogP contribution in [0, 0.1) is 23.7 Å². The quantitative estimate of drug-likeness (QED) is 0.425. The molecule has 18 heavy (non-hydrogen) atoms. The highest BCUT2D eigenvalue weighted by Crippen LogP contribution is 2.40. The predicted molar refractivity (Wildman–Crippen MR) is 84.8 cm³/mol. The van der Waals surface area contributed by atoms with Gasteiger partial charge in [-0.15, -0.1) is 0 Å². The van der Waals surface area contributed by atoms with E-state index in [4.69, 9.17) is 0 Å². The first-order valence-electron chi connectivity index (χ1n) is 7.67. The van der Waals surface area contributed by atoms with Crippen molar-refractivity contribution in [2.75, 3.05) is 0 Å². The van der Waals surface area contributed by atoms with Gasteiger partial charge in [-0.05, 0) is 50.4 Å². The molecule has 2 atom stereocenters. The fraction of sp³-hybridized carbons (Fsp3) is 0.778. The second-order valence-corrected chi connectivity index (χ2v) is 6.30. The van der Waals surface area contributed by atoms with E-state index >= 15 is 0 Å². The van der Waals surface area contributed by atoms with Gasteiger partial charge in [0.2, 0.25) is 0 Å². The Kier molecular flexibility index (Phi) is 8.31. The SMILES string of the molecule is C=C(C)C(CCC)C(C(C)C)C(CCC)C(=C)C. The number of allylic oxidation sites excluding steroid dienone is 2. The van der Waals surface area contributed by atoms with E-state index in [2.05, 4.69) is 54.7 Å². The van der Waals surface area contributed by atoms with Gasteiger partial charge in [-0.3, -0.25) is 0 Å². The molecule has 2 unspecified atom stereocenters. The molecule has 0 spiro atoms. The normalized spacial score (nSPS) is 16.4. The van der Waals surface area contributed by atoms with E-state index in [0.29, 0.717) is 23.7 Å². The van der Waals surface area contributed by atoms with Crippen LogP contribution in [-0.2, 0) is 0 Å². The van der Waals surface area contributed by atoms with E-state index in [1.165, 1.54) is 36.8 Å². The van der Waals surface area contributed by atoms with Crippen LogP contribution in [0.15, 0.2) is 24.3 Å². The summed E-state index contributed by atoms with van der Waals surface area (Å²) < 4.78 is 0. The number of hydrogen-bond acceptors (Lipinski definition) is 0. The summed E-state index contributed by atoms with van der Waals surface area (Å²) in [6.45, 7) is 22.2. The minimum Gasteiger partial charge on any atom is -0.0998 e. The first-order valence-corrected chi connectivity index (χ1v) is 7.67. The molecule has 0 amide bonds. The summed E-state index contributed by atoms with van der Waals surface area (Å²) >= 11 is 0. The Morgan fingerprint density at radius 2 is 1.17 bits per heavy atom. The lowest BCUT2D eigenvalue weighted by Crippen LogP contribution is -2.29. The van der Waals surface area contributed by atoms with Gasteiger partial charge in [0.05, 0.1) is 0 Å². The van der Waals surface area contributed by atoms with E-state index in [9.17, 15) is 0 Å². The van der Waals surface area contributed by atoms with E-state index in [-0.39, 0.29) is 0 Å². The molecule has 0 saturated carbocycles. The molecule has 0 nitrogen and oxygen atoms in total. The van der Waals surface area contributed by atoms with Crippen molar-refractivity contribution >= 4 is 0 Å². The summed E-state index contributed by atoms with van der Waals surface area (Å²) in [5, 5.41) is 0. The fourth-order valence-corrected chi connectivity index (χ4v) is 3.37. The molecule has 0 heterocycles. The minimum absolute atomic E-state index is 0.656. The molecule has 0 radical (unpaired) electrons. The van der Waals surface area contributed by atoms with Gasteiger partial charge in [0, 0.05) is 0 Å². The van der Waals surface area contributed by atoms with Crippen LogP contribution in [-0.4, -0.2) is 0 Å². The molecule has 0 heteroatoms. The molecule has 0 aromatic heterocycles. The van der Waals surface area contributed by atoms with Crippen molar-refractivity contribution in [1.82, 2.24) is 0 Å². The third-order valence-electron chi connectivity index (χ3n) is 4.16. The second-order valence-electron chi connectivity index (χ2n) is 6.30. The monoisotopic (exact) mass is 250 g/mol. The van der Waals surface area contributed by atoms with Gasteiger partial charge in [0.25, 0.3) is 0 Å².